The van der Waals surface area contributed by atoms with Gasteiger partial charge in [0.05, 0.1) is 6.04 Å². The SMILES string of the molecule is Cc1noc(C)c1S(=O)(=O)N[C@@H](C)C(=O)Nc1ccc2oc(C(C)C)nc2c1. The molecule has 1 aromatic carbocycles. The minimum absolute atomic E-state index is 0.0580. The van der Waals surface area contributed by atoms with Crippen LogP contribution in [-0.2, 0) is 14.8 Å². The van der Waals surface area contributed by atoms with E-state index in [0.29, 0.717) is 22.7 Å². The van der Waals surface area contributed by atoms with Crippen LogP contribution in [0, 0.1) is 13.8 Å². The third-order valence-corrected chi connectivity index (χ3v) is 5.91. The molecule has 10 heteroatoms. The average Bonchev–Trinajstić information content (AvgIpc) is 3.17. The Labute approximate surface area is 162 Å². The number of nitrogens with zero attached hydrogens (tertiary/aromatic N) is 2. The highest BCUT2D eigenvalue weighted by Crippen LogP contribution is 2.24. The van der Waals surface area contributed by atoms with E-state index >= 15 is 0 Å². The van der Waals surface area contributed by atoms with Crippen molar-refractivity contribution in [1.29, 1.82) is 0 Å². The smallest absolute Gasteiger partial charge is 0.246 e. The van der Waals surface area contributed by atoms with E-state index in [1.807, 2.05) is 13.8 Å². The number of oxazole rings is 1. The van der Waals surface area contributed by atoms with E-state index in [0.717, 1.165) is 0 Å². The lowest BCUT2D eigenvalue weighted by Gasteiger charge is -2.14. The Morgan fingerprint density at radius 3 is 2.50 bits per heavy atom. The highest BCUT2D eigenvalue weighted by atomic mass is 32.2. The van der Waals surface area contributed by atoms with Crippen LogP contribution in [0.4, 0.5) is 5.69 Å². The largest absolute Gasteiger partial charge is 0.440 e. The van der Waals surface area contributed by atoms with E-state index < -0.39 is 22.0 Å². The molecule has 0 fully saturated rings. The molecule has 0 bridgehead atoms. The van der Waals surface area contributed by atoms with Gasteiger partial charge in [-0.3, -0.25) is 4.79 Å². The van der Waals surface area contributed by atoms with Crippen molar-refractivity contribution in [1.82, 2.24) is 14.9 Å². The minimum atomic E-state index is -3.95. The molecule has 2 aromatic heterocycles. The molecular formula is C18H22N4O5S. The van der Waals surface area contributed by atoms with Crippen LogP contribution >= 0.6 is 0 Å². The summed E-state index contributed by atoms with van der Waals surface area (Å²) in [5.74, 6) is 0.403. The van der Waals surface area contributed by atoms with Crippen molar-refractivity contribution in [2.24, 2.45) is 0 Å². The summed E-state index contributed by atoms with van der Waals surface area (Å²) in [4.78, 5) is 16.8. The molecule has 2 heterocycles. The summed E-state index contributed by atoms with van der Waals surface area (Å²) >= 11 is 0. The van der Waals surface area contributed by atoms with Crippen LogP contribution in [0.25, 0.3) is 11.1 Å². The Kier molecular flexibility index (Phi) is 5.26. The Balaban J connectivity index is 1.74. The summed E-state index contributed by atoms with van der Waals surface area (Å²) in [6.45, 7) is 8.42. The number of rotatable bonds is 6. The van der Waals surface area contributed by atoms with Crippen molar-refractivity contribution in [3.8, 4) is 0 Å². The molecule has 0 aliphatic carbocycles. The van der Waals surface area contributed by atoms with E-state index in [1.165, 1.54) is 20.8 Å². The normalized spacial score (nSPS) is 13.2. The first-order chi connectivity index (χ1) is 13.1. The van der Waals surface area contributed by atoms with Gasteiger partial charge in [0, 0.05) is 11.6 Å². The maximum absolute atomic E-state index is 12.5. The second kappa shape index (κ2) is 7.36. The molecule has 0 unspecified atom stereocenters. The summed E-state index contributed by atoms with van der Waals surface area (Å²) < 4.78 is 37.9. The third kappa shape index (κ3) is 3.92. The molecule has 150 valence electrons. The van der Waals surface area contributed by atoms with Crippen LogP contribution in [0.5, 0.6) is 0 Å². The van der Waals surface area contributed by atoms with Gasteiger partial charge in [0.1, 0.15) is 16.1 Å². The van der Waals surface area contributed by atoms with Crippen molar-refractivity contribution in [3.63, 3.8) is 0 Å². The molecule has 2 N–H and O–H groups in total. The molecule has 0 aliphatic rings. The zero-order valence-corrected chi connectivity index (χ0v) is 17.0. The van der Waals surface area contributed by atoms with Crippen molar-refractivity contribution < 1.29 is 22.2 Å². The van der Waals surface area contributed by atoms with Gasteiger partial charge in [-0.1, -0.05) is 19.0 Å². The van der Waals surface area contributed by atoms with E-state index in [4.69, 9.17) is 8.94 Å². The molecule has 3 rings (SSSR count). The maximum Gasteiger partial charge on any atom is 0.246 e. The fourth-order valence-electron chi connectivity index (χ4n) is 2.72. The topological polar surface area (TPSA) is 127 Å². The maximum atomic E-state index is 12.5. The summed E-state index contributed by atoms with van der Waals surface area (Å²) in [5.41, 5.74) is 1.96. The predicted molar refractivity (Wildman–Crippen MR) is 102 cm³/mol. The van der Waals surface area contributed by atoms with Crippen LogP contribution in [0.15, 0.2) is 32.0 Å². The van der Waals surface area contributed by atoms with Crippen LogP contribution in [-0.4, -0.2) is 30.5 Å². The summed E-state index contributed by atoms with van der Waals surface area (Å²) in [6.07, 6.45) is 0. The standard InChI is InChI=1S/C18H22N4O5S/c1-9(2)18-20-14-8-13(6-7-15(14)26-18)19-17(23)11(4)22-28(24,25)16-10(3)21-27-12(16)5/h6-9,11,22H,1-5H3,(H,19,23)/t11-/m0/s1. The molecule has 0 saturated carbocycles. The highest BCUT2D eigenvalue weighted by molar-refractivity contribution is 7.89. The first-order valence-electron chi connectivity index (χ1n) is 8.75. The van der Waals surface area contributed by atoms with Gasteiger partial charge < -0.3 is 14.3 Å². The zero-order valence-electron chi connectivity index (χ0n) is 16.2. The van der Waals surface area contributed by atoms with Gasteiger partial charge in [-0.05, 0) is 39.0 Å². The van der Waals surface area contributed by atoms with Crippen molar-refractivity contribution in [3.05, 3.63) is 35.5 Å². The lowest BCUT2D eigenvalue weighted by molar-refractivity contribution is -0.117. The molecule has 3 aromatic rings. The van der Waals surface area contributed by atoms with Gasteiger partial charge in [0.25, 0.3) is 0 Å². The van der Waals surface area contributed by atoms with Crippen LogP contribution in [0.2, 0.25) is 0 Å². The number of sulfonamides is 1. The molecular weight excluding hydrogens is 384 g/mol. The number of anilines is 1. The van der Waals surface area contributed by atoms with Gasteiger partial charge in [-0.2, -0.15) is 4.72 Å². The first kappa shape index (κ1) is 20.0. The number of benzene rings is 1. The number of hydrogen-bond donors (Lipinski definition) is 2. The number of carbonyl (C=O) groups excluding carboxylic acids is 1. The zero-order chi connectivity index (χ0) is 20.6. The number of fused-ring (bicyclic) bond motifs is 1. The second-order valence-electron chi connectivity index (χ2n) is 6.87. The lowest BCUT2D eigenvalue weighted by atomic mass is 10.2. The third-order valence-electron chi connectivity index (χ3n) is 4.13. The number of nitrogens with one attached hydrogen (secondary N) is 2. The monoisotopic (exact) mass is 406 g/mol. The van der Waals surface area contributed by atoms with E-state index in [2.05, 4.69) is 20.2 Å². The summed E-state index contributed by atoms with van der Waals surface area (Å²) in [6, 6.07) is 4.05. The van der Waals surface area contributed by atoms with Gasteiger partial charge in [0.15, 0.2) is 17.2 Å². The highest BCUT2D eigenvalue weighted by Gasteiger charge is 2.28. The molecule has 0 aliphatic heterocycles. The van der Waals surface area contributed by atoms with Gasteiger partial charge in [-0.15, -0.1) is 0 Å². The molecule has 1 amide bonds. The Hall–Kier alpha value is -2.72. The van der Waals surface area contributed by atoms with Crippen LogP contribution in [0.3, 0.4) is 0 Å². The van der Waals surface area contributed by atoms with Crippen molar-refractivity contribution in [2.45, 2.75) is 51.5 Å². The summed E-state index contributed by atoms with van der Waals surface area (Å²) in [5, 5.41) is 6.32. The minimum Gasteiger partial charge on any atom is -0.440 e. The number of carbonyl (C=O) groups is 1. The van der Waals surface area contributed by atoms with Gasteiger partial charge in [0.2, 0.25) is 15.9 Å². The molecule has 1 atom stereocenters. The quantitative estimate of drug-likeness (QED) is 0.644. The average molecular weight is 406 g/mol. The van der Waals surface area contributed by atoms with Crippen molar-refractivity contribution >= 4 is 32.7 Å². The van der Waals surface area contributed by atoms with E-state index in [9.17, 15) is 13.2 Å². The number of amides is 1. The molecule has 0 spiro atoms. The second-order valence-corrected chi connectivity index (χ2v) is 8.53. The molecule has 9 nitrogen and oxygen atoms in total. The Morgan fingerprint density at radius 2 is 1.89 bits per heavy atom. The first-order valence-corrected chi connectivity index (χ1v) is 10.2. The number of aryl methyl sites for hydroxylation is 2. The molecule has 0 radical (unpaired) electrons. The fraction of sp³-hybridized carbons (Fsp3) is 0.389. The van der Waals surface area contributed by atoms with Crippen LogP contribution in [0.1, 0.15) is 44.0 Å². The predicted octanol–water partition coefficient (Wildman–Crippen LogP) is 2.86. The van der Waals surface area contributed by atoms with E-state index in [-0.39, 0.29) is 22.3 Å². The number of hydrogen-bond acceptors (Lipinski definition) is 7. The Bertz CT molecular complexity index is 1110. The van der Waals surface area contributed by atoms with Gasteiger partial charge in [-0.25, -0.2) is 13.4 Å². The number of aromatic nitrogens is 2. The van der Waals surface area contributed by atoms with E-state index in [1.54, 1.807) is 18.2 Å². The fourth-order valence-corrected chi connectivity index (χ4v) is 4.26. The summed E-state index contributed by atoms with van der Waals surface area (Å²) in [7, 11) is -3.95. The molecule has 28 heavy (non-hydrogen) atoms. The van der Waals surface area contributed by atoms with Crippen LogP contribution < -0.4 is 10.0 Å². The van der Waals surface area contributed by atoms with Gasteiger partial charge >= 0.3 is 0 Å². The molecule has 0 saturated heterocycles. The van der Waals surface area contributed by atoms with Crippen molar-refractivity contribution in [2.75, 3.05) is 5.32 Å². The Morgan fingerprint density at radius 1 is 1.18 bits per heavy atom. The lowest BCUT2D eigenvalue weighted by Crippen LogP contribution is -2.41.